The summed E-state index contributed by atoms with van der Waals surface area (Å²) in [6.45, 7) is 0.993. The molecule has 2 heterocycles. The maximum absolute atomic E-state index is 13.7. The molecule has 1 aliphatic heterocycles. The quantitative estimate of drug-likeness (QED) is 0.770. The molecule has 5 heteroatoms. The van der Waals surface area contributed by atoms with Crippen molar-refractivity contribution in [2.75, 3.05) is 5.32 Å². The number of nitrogens with one attached hydrogen (secondary N) is 1. The van der Waals surface area contributed by atoms with Crippen molar-refractivity contribution in [3.8, 4) is 0 Å². The number of benzene rings is 2. The summed E-state index contributed by atoms with van der Waals surface area (Å²) in [4.78, 5) is 16.9. The van der Waals surface area contributed by atoms with Crippen LogP contribution in [0.4, 0.5) is 10.1 Å². The first kappa shape index (κ1) is 14.9. The fourth-order valence-corrected chi connectivity index (χ4v) is 3.27. The van der Waals surface area contributed by atoms with Crippen molar-refractivity contribution in [3.63, 3.8) is 0 Å². The first-order valence-electron chi connectivity index (χ1n) is 8.27. The smallest absolute Gasteiger partial charge is 0.258 e. The third-order valence-corrected chi connectivity index (χ3v) is 4.49. The van der Waals surface area contributed by atoms with Crippen LogP contribution in [-0.2, 0) is 13.0 Å². The largest absolute Gasteiger partial charge is 0.328 e. The number of imidazole rings is 1. The van der Waals surface area contributed by atoms with E-state index in [0.29, 0.717) is 5.69 Å². The fourth-order valence-electron chi connectivity index (χ4n) is 3.27. The Labute approximate surface area is 139 Å². The average Bonchev–Trinajstić information content (AvgIpc) is 2.75. The van der Waals surface area contributed by atoms with Gasteiger partial charge in [-0.2, -0.15) is 0 Å². The minimum absolute atomic E-state index is 0.0400. The summed E-state index contributed by atoms with van der Waals surface area (Å²) in [5, 5.41) is 2.76. The van der Waals surface area contributed by atoms with E-state index in [1.54, 1.807) is 12.1 Å². The Bertz CT molecular complexity index is 916. The lowest BCUT2D eigenvalue weighted by Gasteiger charge is -2.07. The van der Waals surface area contributed by atoms with Crippen LogP contribution in [0.15, 0.2) is 42.5 Å². The molecule has 0 spiro atoms. The highest BCUT2D eigenvalue weighted by Gasteiger charge is 2.15. The van der Waals surface area contributed by atoms with Crippen LogP contribution >= 0.6 is 0 Å². The molecular weight excluding hydrogens is 305 g/mol. The van der Waals surface area contributed by atoms with Gasteiger partial charge in [-0.15, -0.1) is 0 Å². The first-order chi connectivity index (χ1) is 11.7. The number of carbonyl (C=O) groups is 1. The van der Waals surface area contributed by atoms with Gasteiger partial charge in [0.2, 0.25) is 0 Å². The maximum Gasteiger partial charge on any atom is 0.258 e. The molecule has 122 valence electrons. The van der Waals surface area contributed by atoms with Crippen molar-refractivity contribution in [2.24, 2.45) is 0 Å². The van der Waals surface area contributed by atoms with Crippen molar-refractivity contribution < 1.29 is 9.18 Å². The average molecular weight is 323 g/mol. The number of halogens is 1. The van der Waals surface area contributed by atoms with Crippen LogP contribution in [0, 0.1) is 5.82 Å². The molecule has 3 aromatic rings. The molecule has 1 amide bonds. The molecule has 0 unspecified atom stereocenters. The number of amides is 1. The van der Waals surface area contributed by atoms with Crippen LogP contribution in [0.3, 0.4) is 0 Å². The Morgan fingerprint density at radius 1 is 1.12 bits per heavy atom. The topological polar surface area (TPSA) is 46.9 Å². The Hall–Kier alpha value is -2.69. The summed E-state index contributed by atoms with van der Waals surface area (Å²) >= 11 is 0. The second-order valence-corrected chi connectivity index (χ2v) is 6.13. The van der Waals surface area contributed by atoms with Gasteiger partial charge in [0.1, 0.15) is 11.6 Å². The second-order valence-electron chi connectivity index (χ2n) is 6.13. The molecule has 0 atom stereocenters. The monoisotopic (exact) mass is 323 g/mol. The number of aromatic nitrogens is 2. The minimum Gasteiger partial charge on any atom is -0.328 e. The molecule has 1 aliphatic rings. The number of aryl methyl sites for hydroxylation is 2. The normalized spacial score (nSPS) is 14.2. The predicted octanol–water partition coefficient (Wildman–Crippen LogP) is 4.15. The highest BCUT2D eigenvalue weighted by molar-refractivity contribution is 6.05. The van der Waals surface area contributed by atoms with Crippen molar-refractivity contribution >= 4 is 22.6 Å². The SMILES string of the molecule is O=C(Nc1ccc2c(c1)nc1n2CCCCC1)c1ccccc1F. The van der Waals surface area contributed by atoms with Crippen molar-refractivity contribution in [1.82, 2.24) is 9.55 Å². The van der Waals surface area contributed by atoms with Crippen molar-refractivity contribution in [2.45, 2.75) is 32.2 Å². The number of anilines is 1. The third-order valence-electron chi connectivity index (χ3n) is 4.49. The summed E-state index contributed by atoms with van der Waals surface area (Å²) in [7, 11) is 0. The molecule has 0 saturated carbocycles. The molecule has 1 N–H and O–H groups in total. The number of carbonyl (C=O) groups excluding carboxylic acids is 1. The van der Waals surface area contributed by atoms with Gasteiger partial charge < -0.3 is 9.88 Å². The fraction of sp³-hybridized carbons (Fsp3) is 0.263. The van der Waals surface area contributed by atoms with Gasteiger partial charge >= 0.3 is 0 Å². The van der Waals surface area contributed by atoms with Crippen LogP contribution in [0.2, 0.25) is 0 Å². The van der Waals surface area contributed by atoms with Crippen LogP contribution < -0.4 is 5.32 Å². The number of fused-ring (bicyclic) bond motifs is 3. The van der Waals surface area contributed by atoms with Gasteiger partial charge in [0, 0.05) is 18.7 Å². The van der Waals surface area contributed by atoms with Gasteiger partial charge in [0.25, 0.3) is 5.91 Å². The van der Waals surface area contributed by atoms with Crippen molar-refractivity contribution in [3.05, 3.63) is 59.7 Å². The van der Waals surface area contributed by atoms with Gasteiger partial charge in [-0.3, -0.25) is 4.79 Å². The van der Waals surface area contributed by atoms with E-state index >= 15 is 0 Å². The molecule has 0 radical (unpaired) electrons. The zero-order valence-corrected chi connectivity index (χ0v) is 13.3. The molecule has 1 aromatic heterocycles. The number of hydrogen-bond donors (Lipinski definition) is 1. The zero-order chi connectivity index (χ0) is 16.5. The molecule has 4 nitrogen and oxygen atoms in total. The summed E-state index contributed by atoms with van der Waals surface area (Å²) in [5.41, 5.74) is 2.64. The van der Waals surface area contributed by atoms with Crippen LogP contribution in [0.1, 0.15) is 35.4 Å². The summed E-state index contributed by atoms with van der Waals surface area (Å²) in [6, 6.07) is 11.7. The third kappa shape index (κ3) is 2.66. The first-order valence-corrected chi connectivity index (χ1v) is 8.27. The molecule has 0 saturated heterocycles. The van der Waals surface area contributed by atoms with Gasteiger partial charge in [-0.05, 0) is 43.2 Å². The lowest BCUT2D eigenvalue weighted by molar-refractivity contribution is 0.102. The van der Waals surface area contributed by atoms with Crippen LogP contribution in [0.25, 0.3) is 11.0 Å². The van der Waals surface area contributed by atoms with Gasteiger partial charge in [0.05, 0.1) is 16.6 Å². The molecule has 24 heavy (non-hydrogen) atoms. The molecule has 0 aliphatic carbocycles. The Morgan fingerprint density at radius 3 is 2.88 bits per heavy atom. The van der Waals surface area contributed by atoms with E-state index in [4.69, 9.17) is 4.98 Å². The van der Waals surface area contributed by atoms with E-state index in [2.05, 4.69) is 9.88 Å². The lowest BCUT2D eigenvalue weighted by atomic mass is 10.2. The van der Waals surface area contributed by atoms with Crippen LogP contribution in [0.5, 0.6) is 0 Å². The maximum atomic E-state index is 13.7. The van der Waals surface area contributed by atoms with Crippen molar-refractivity contribution in [1.29, 1.82) is 0 Å². The van der Waals surface area contributed by atoms with E-state index in [1.165, 1.54) is 31.4 Å². The Kier molecular flexibility index (Phi) is 3.76. The number of nitrogens with zero attached hydrogens (tertiary/aromatic N) is 2. The molecule has 4 rings (SSSR count). The lowest BCUT2D eigenvalue weighted by Crippen LogP contribution is -2.13. The predicted molar refractivity (Wildman–Crippen MR) is 91.6 cm³/mol. The highest BCUT2D eigenvalue weighted by Crippen LogP contribution is 2.24. The standard InChI is InChI=1S/C19H18FN3O/c20-15-7-4-3-6-14(15)19(24)21-13-9-10-17-16(12-13)22-18-8-2-1-5-11-23(17)18/h3-4,6-7,9-10,12H,1-2,5,8,11H2,(H,21,24). The molecule has 0 bridgehead atoms. The number of hydrogen-bond acceptors (Lipinski definition) is 2. The summed E-state index contributed by atoms with van der Waals surface area (Å²) in [6.07, 6.45) is 4.57. The van der Waals surface area contributed by atoms with Gasteiger partial charge in [-0.1, -0.05) is 18.6 Å². The van der Waals surface area contributed by atoms with E-state index in [9.17, 15) is 9.18 Å². The summed E-state index contributed by atoms with van der Waals surface area (Å²) < 4.78 is 16.0. The highest BCUT2D eigenvalue weighted by atomic mass is 19.1. The Balaban J connectivity index is 1.64. The van der Waals surface area contributed by atoms with Gasteiger partial charge in [0.15, 0.2) is 0 Å². The van der Waals surface area contributed by atoms with Crippen LogP contribution in [-0.4, -0.2) is 15.5 Å². The minimum atomic E-state index is -0.523. The molecule has 2 aromatic carbocycles. The Morgan fingerprint density at radius 2 is 2.00 bits per heavy atom. The number of rotatable bonds is 2. The molecule has 0 fully saturated rings. The second kappa shape index (κ2) is 6.07. The zero-order valence-electron chi connectivity index (χ0n) is 13.3. The summed E-state index contributed by atoms with van der Waals surface area (Å²) in [5.74, 6) is 0.137. The van der Waals surface area contributed by atoms with E-state index in [1.807, 2.05) is 18.2 Å². The van der Waals surface area contributed by atoms with E-state index in [0.717, 1.165) is 29.8 Å². The molecular formula is C19H18FN3O. The van der Waals surface area contributed by atoms with Gasteiger partial charge in [-0.25, -0.2) is 9.37 Å². The van der Waals surface area contributed by atoms with E-state index < -0.39 is 11.7 Å². The van der Waals surface area contributed by atoms with E-state index in [-0.39, 0.29) is 5.56 Å².